The van der Waals surface area contributed by atoms with Crippen LogP contribution in [0.3, 0.4) is 0 Å². The van der Waals surface area contributed by atoms with Crippen LogP contribution in [0.15, 0.2) is 51.2 Å². The maximum absolute atomic E-state index is 13.8. The van der Waals surface area contributed by atoms with Crippen molar-refractivity contribution >= 4 is 11.0 Å². The Morgan fingerprint density at radius 1 is 1.03 bits per heavy atom. The second-order valence-corrected chi connectivity index (χ2v) is 9.20. The van der Waals surface area contributed by atoms with Crippen LogP contribution < -0.4 is 14.9 Å². The lowest BCUT2D eigenvalue weighted by Crippen LogP contribution is -2.58. The molecule has 0 amide bonds. The summed E-state index contributed by atoms with van der Waals surface area (Å²) in [6, 6.07) is 7.57. The van der Waals surface area contributed by atoms with Crippen LogP contribution >= 0.6 is 0 Å². The van der Waals surface area contributed by atoms with E-state index in [1.54, 1.807) is 24.3 Å². The summed E-state index contributed by atoms with van der Waals surface area (Å²) in [5.41, 5.74) is 0.828. The third-order valence-electron chi connectivity index (χ3n) is 6.29. The van der Waals surface area contributed by atoms with Crippen molar-refractivity contribution in [2.24, 2.45) is 0 Å². The number of benzene rings is 2. The molecule has 0 spiro atoms. The average molecular weight is 515 g/mol. The number of aromatic hydroxyl groups is 2. The number of hydrogen-bond acceptors (Lipinski definition) is 10. The van der Waals surface area contributed by atoms with Gasteiger partial charge in [0.25, 0.3) is 0 Å². The number of phenols is 2. The molecule has 0 saturated carbocycles. The molecule has 10 heteroatoms. The number of aliphatic hydroxyl groups excluding tert-OH is 3. The van der Waals surface area contributed by atoms with Gasteiger partial charge in [0.05, 0.1) is 13.2 Å². The number of hydrogen-bond donors (Lipinski definition) is 5. The molecule has 37 heavy (non-hydrogen) atoms. The van der Waals surface area contributed by atoms with E-state index in [0.717, 1.165) is 11.6 Å². The van der Waals surface area contributed by atoms with Crippen molar-refractivity contribution in [3.05, 3.63) is 57.8 Å². The van der Waals surface area contributed by atoms with Gasteiger partial charge in [-0.1, -0.05) is 11.6 Å². The highest BCUT2D eigenvalue weighted by Gasteiger charge is 2.44. The molecule has 198 valence electrons. The Hall–Kier alpha value is -3.57. The molecular formula is C27H30O10. The SMILES string of the molecule is COc1ccc(-c2oc3c(CC=C(C)C)c(O)cc(O)c3c(=O)c2O[C@@H]2O[C@H](C)[C@H](O)[C@H](O)[C@@H]2O)cc1. The molecule has 5 atom stereocenters. The first-order valence-electron chi connectivity index (χ1n) is 11.7. The first kappa shape index (κ1) is 26.5. The monoisotopic (exact) mass is 514 g/mol. The third kappa shape index (κ3) is 5.01. The molecule has 1 aliphatic heterocycles. The van der Waals surface area contributed by atoms with Crippen LogP contribution in [0.2, 0.25) is 0 Å². The van der Waals surface area contributed by atoms with Crippen LogP contribution in [-0.2, 0) is 11.2 Å². The number of methoxy groups -OCH3 is 1. The van der Waals surface area contributed by atoms with Crippen molar-refractivity contribution < 1.29 is 44.2 Å². The van der Waals surface area contributed by atoms with Gasteiger partial charge in [0.15, 0.2) is 5.76 Å². The summed E-state index contributed by atoms with van der Waals surface area (Å²) in [6.07, 6.45) is -5.03. The number of ether oxygens (including phenoxy) is 3. The van der Waals surface area contributed by atoms with Gasteiger partial charge in [-0.2, -0.15) is 0 Å². The zero-order valence-corrected chi connectivity index (χ0v) is 20.8. The van der Waals surface area contributed by atoms with Gasteiger partial charge >= 0.3 is 0 Å². The first-order valence-corrected chi connectivity index (χ1v) is 11.7. The van der Waals surface area contributed by atoms with E-state index in [1.807, 2.05) is 19.9 Å². The van der Waals surface area contributed by atoms with E-state index in [-0.39, 0.29) is 34.5 Å². The molecule has 0 unspecified atom stereocenters. The van der Waals surface area contributed by atoms with Crippen LogP contribution in [0.5, 0.6) is 23.0 Å². The minimum Gasteiger partial charge on any atom is -0.507 e. The predicted octanol–water partition coefficient (Wildman–Crippen LogP) is 2.59. The van der Waals surface area contributed by atoms with Crippen LogP contribution in [0.4, 0.5) is 0 Å². The smallest absolute Gasteiger partial charge is 0.239 e. The van der Waals surface area contributed by atoms with E-state index >= 15 is 0 Å². The van der Waals surface area contributed by atoms with E-state index in [2.05, 4.69) is 0 Å². The molecule has 1 aromatic heterocycles. The van der Waals surface area contributed by atoms with Gasteiger partial charge in [-0.05, 0) is 51.5 Å². The van der Waals surface area contributed by atoms with Gasteiger partial charge in [-0.3, -0.25) is 4.79 Å². The quantitative estimate of drug-likeness (QED) is 0.310. The van der Waals surface area contributed by atoms with E-state index in [9.17, 15) is 30.3 Å². The van der Waals surface area contributed by atoms with E-state index < -0.39 is 47.6 Å². The van der Waals surface area contributed by atoms with Crippen molar-refractivity contribution in [2.75, 3.05) is 7.11 Å². The Balaban J connectivity index is 1.96. The topological polar surface area (TPSA) is 159 Å². The van der Waals surface area contributed by atoms with Gasteiger partial charge in [0, 0.05) is 17.2 Å². The Morgan fingerprint density at radius 2 is 1.70 bits per heavy atom. The summed E-state index contributed by atoms with van der Waals surface area (Å²) in [7, 11) is 1.50. The molecule has 2 heterocycles. The zero-order valence-electron chi connectivity index (χ0n) is 20.8. The number of allylic oxidation sites excluding steroid dienone is 2. The Bertz CT molecular complexity index is 1370. The van der Waals surface area contributed by atoms with Crippen molar-refractivity contribution in [1.29, 1.82) is 0 Å². The summed E-state index contributed by atoms with van der Waals surface area (Å²) in [5, 5.41) is 51.6. The molecule has 0 radical (unpaired) electrons. The highest BCUT2D eigenvalue weighted by molar-refractivity contribution is 5.91. The van der Waals surface area contributed by atoms with Gasteiger partial charge in [-0.25, -0.2) is 0 Å². The molecule has 1 saturated heterocycles. The second-order valence-electron chi connectivity index (χ2n) is 9.20. The summed E-state index contributed by atoms with van der Waals surface area (Å²) >= 11 is 0. The van der Waals surface area contributed by atoms with E-state index in [0.29, 0.717) is 11.3 Å². The number of rotatable bonds is 6. The molecule has 4 rings (SSSR count). The maximum Gasteiger partial charge on any atom is 0.239 e. The van der Waals surface area contributed by atoms with Crippen LogP contribution in [0, 0.1) is 0 Å². The summed E-state index contributed by atoms with van der Waals surface area (Å²) < 4.78 is 22.7. The molecule has 0 aliphatic carbocycles. The predicted molar refractivity (Wildman–Crippen MR) is 134 cm³/mol. The zero-order chi connectivity index (χ0) is 27.0. The lowest BCUT2D eigenvalue weighted by molar-refractivity contribution is -0.268. The fourth-order valence-corrected chi connectivity index (χ4v) is 4.14. The summed E-state index contributed by atoms with van der Waals surface area (Å²) in [5.74, 6) is -0.690. The third-order valence-corrected chi connectivity index (χ3v) is 6.29. The average Bonchev–Trinajstić information content (AvgIpc) is 2.86. The van der Waals surface area contributed by atoms with Crippen molar-refractivity contribution in [2.45, 2.75) is 57.9 Å². The van der Waals surface area contributed by atoms with Crippen molar-refractivity contribution in [3.8, 4) is 34.3 Å². The van der Waals surface area contributed by atoms with Gasteiger partial charge in [-0.15, -0.1) is 0 Å². The van der Waals surface area contributed by atoms with Crippen LogP contribution in [-0.4, -0.2) is 63.3 Å². The minimum absolute atomic E-state index is 0.0351. The fourth-order valence-electron chi connectivity index (χ4n) is 4.14. The lowest BCUT2D eigenvalue weighted by atomic mass is 10.00. The molecule has 0 bridgehead atoms. The van der Waals surface area contributed by atoms with Gasteiger partial charge in [0.1, 0.15) is 46.5 Å². The van der Waals surface area contributed by atoms with Crippen molar-refractivity contribution in [3.63, 3.8) is 0 Å². The summed E-state index contributed by atoms with van der Waals surface area (Å²) in [4.78, 5) is 13.8. The lowest BCUT2D eigenvalue weighted by Gasteiger charge is -2.38. The normalized spacial score (nSPS) is 23.6. The van der Waals surface area contributed by atoms with Crippen LogP contribution in [0.1, 0.15) is 26.3 Å². The number of fused-ring (bicyclic) bond motifs is 1. The molecule has 5 N–H and O–H groups in total. The van der Waals surface area contributed by atoms with Crippen molar-refractivity contribution in [1.82, 2.24) is 0 Å². The Kier molecular flexibility index (Phi) is 7.47. The summed E-state index contributed by atoms with van der Waals surface area (Å²) in [6.45, 7) is 5.24. The van der Waals surface area contributed by atoms with Gasteiger partial charge in [0.2, 0.25) is 17.5 Å². The number of aliphatic hydroxyl groups is 3. The fraction of sp³-hybridized carbons (Fsp3) is 0.370. The maximum atomic E-state index is 13.8. The molecule has 3 aromatic rings. The highest BCUT2D eigenvalue weighted by Crippen LogP contribution is 2.40. The number of phenolic OH excluding ortho intramolecular Hbond substituents is 2. The molecule has 2 aromatic carbocycles. The standard InChI is InChI=1S/C27H30O10/c1-12(2)5-10-16-17(28)11-18(29)19-21(31)26(37-27-23(33)22(32)20(30)13(3)35-27)24(36-25(16)19)14-6-8-15(34-4)9-7-14/h5-9,11,13,20,22-23,27-30,32-33H,10H2,1-4H3/t13-,20+,22+,23+,27+/m1/s1. The van der Waals surface area contributed by atoms with Gasteiger partial charge < -0.3 is 44.2 Å². The highest BCUT2D eigenvalue weighted by atomic mass is 16.7. The molecule has 1 aliphatic rings. The van der Waals surface area contributed by atoms with E-state index in [4.69, 9.17) is 18.6 Å². The first-order chi connectivity index (χ1) is 17.5. The Morgan fingerprint density at radius 3 is 2.32 bits per heavy atom. The Labute approximate surface area is 212 Å². The van der Waals surface area contributed by atoms with E-state index in [1.165, 1.54) is 14.0 Å². The molecular weight excluding hydrogens is 484 g/mol. The second kappa shape index (κ2) is 10.4. The molecule has 10 nitrogen and oxygen atoms in total. The van der Waals surface area contributed by atoms with Crippen LogP contribution in [0.25, 0.3) is 22.3 Å². The largest absolute Gasteiger partial charge is 0.507 e. The molecule has 1 fully saturated rings. The minimum atomic E-state index is -1.69.